The van der Waals surface area contributed by atoms with Crippen molar-refractivity contribution in [1.82, 2.24) is 4.90 Å². The normalized spacial score (nSPS) is 16.5. The van der Waals surface area contributed by atoms with E-state index >= 15 is 0 Å². The van der Waals surface area contributed by atoms with Gasteiger partial charge in [-0.25, -0.2) is 0 Å². The molecular formula is C12H12BrNO2. The van der Waals surface area contributed by atoms with Crippen LogP contribution in [0.15, 0.2) is 34.8 Å². The molecule has 0 atom stereocenters. The van der Waals surface area contributed by atoms with Crippen LogP contribution in [0.1, 0.15) is 5.56 Å². The summed E-state index contributed by atoms with van der Waals surface area (Å²) in [5.74, 6) is -0.0479. The van der Waals surface area contributed by atoms with Crippen molar-refractivity contribution in [2.45, 2.75) is 6.10 Å². The van der Waals surface area contributed by atoms with Crippen molar-refractivity contribution in [3.8, 4) is 0 Å². The third-order valence-electron chi connectivity index (χ3n) is 2.46. The first-order valence-electron chi connectivity index (χ1n) is 5.06. The maximum Gasteiger partial charge on any atom is 0.246 e. The topological polar surface area (TPSA) is 40.5 Å². The lowest BCUT2D eigenvalue weighted by atomic mass is 10.1. The Balaban J connectivity index is 1.93. The number of nitrogens with zero attached hydrogens (tertiary/aromatic N) is 1. The van der Waals surface area contributed by atoms with Gasteiger partial charge >= 0.3 is 0 Å². The summed E-state index contributed by atoms with van der Waals surface area (Å²) >= 11 is 3.35. The van der Waals surface area contributed by atoms with Crippen LogP contribution in [0, 0.1) is 0 Å². The minimum atomic E-state index is -0.343. The molecule has 1 aliphatic rings. The highest BCUT2D eigenvalue weighted by Crippen LogP contribution is 2.12. The van der Waals surface area contributed by atoms with Crippen LogP contribution in [0.2, 0.25) is 0 Å². The van der Waals surface area contributed by atoms with Gasteiger partial charge in [0.05, 0.1) is 6.10 Å². The monoisotopic (exact) mass is 281 g/mol. The molecule has 1 aliphatic heterocycles. The first-order valence-corrected chi connectivity index (χ1v) is 5.85. The summed E-state index contributed by atoms with van der Waals surface area (Å²) in [6.45, 7) is 0.896. The van der Waals surface area contributed by atoms with Crippen molar-refractivity contribution in [3.05, 3.63) is 40.4 Å². The maximum absolute atomic E-state index is 11.5. The zero-order valence-electron chi connectivity index (χ0n) is 8.64. The first kappa shape index (κ1) is 11.4. The molecule has 1 amide bonds. The third kappa shape index (κ3) is 2.71. The fourth-order valence-corrected chi connectivity index (χ4v) is 1.75. The van der Waals surface area contributed by atoms with Crippen molar-refractivity contribution >= 4 is 27.9 Å². The van der Waals surface area contributed by atoms with Gasteiger partial charge in [0, 0.05) is 23.6 Å². The number of benzene rings is 1. The number of carbonyl (C=O) groups is 1. The average molecular weight is 282 g/mol. The number of halogens is 1. The maximum atomic E-state index is 11.5. The van der Waals surface area contributed by atoms with Crippen LogP contribution in [0.3, 0.4) is 0 Å². The number of amides is 1. The molecule has 1 aromatic rings. The van der Waals surface area contributed by atoms with Gasteiger partial charge in [-0.2, -0.15) is 0 Å². The Bertz CT molecular complexity index is 408. The Morgan fingerprint density at radius 2 is 2.00 bits per heavy atom. The second-order valence-corrected chi connectivity index (χ2v) is 4.70. The van der Waals surface area contributed by atoms with Gasteiger partial charge < -0.3 is 10.0 Å². The lowest BCUT2D eigenvalue weighted by molar-refractivity contribution is -0.135. The molecule has 1 heterocycles. The van der Waals surface area contributed by atoms with Crippen molar-refractivity contribution < 1.29 is 9.90 Å². The SMILES string of the molecule is O=C(C=Cc1ccc(Br)cc1)N1CC(O)C1. The van der Waals surface area contributed by atoms with Crippen LogP contribution in [0.25, 0.3) is 6.08 Å². The van der Waals surface area contributed by atoms with E-state index in [2.05, 4.69) is 15.9 Å². The molecule has 0 bridgehead atoms. The summed E-state index contributed by atoms with van der Waals surface area (Å²) in [5.41, 5.74) is 0.984. The number of aliphatic hydroxyl groups is 1. The number of hydrogen-bond donors (Lipinski definition) is 1. The van der Waals surface area contributed by atoms with E-state index in [1.165, 1.54) is 6.08 Å². The molecule has 84 valence electrons. The molecule has 0 spiro atoms. The van der Waals surface area contributed by atoms with Gasteiger partial charge in [-0.15, -0.1) is 0 Å². The van der Waals surface area contributed by atoms with Crippen molar-refractivity contribution in [1.29, 1.82) is 0 Å². The fourth-order valence-electron chi connectivity index (χ4n) is 1.48. The Morgan fingerprint density at radius 1 is 1.38 bits per heavy atom. The van der Waals surface area contributed by atoms with Gasteiger partial charge in [0.2, 0.25) is 5.91 Å². The van der Waals surface area contributed by atoms with Gasteiger partial charge in [-0.05, 0) is 23.8 Å². The highest BCUT2D eigenvalue weighted by molar-refractivity contribution is 9.10. The lowest BCUT2D eigenvalue weighted by Crippen LogP contribution is -2.52. The fraction of sp³-hybridized carbons (Fsp3) is 0.250. The van der Waals surface area contributed by atoms with E-state index in [4.69, 9.17) is 5.11 Å². The van der Waals surface area contributed by atoms with Crippen LogP contribution >= 0.6 is 15.9 Å². The first-order chi connectivity index (χ1) is 7.65. The minimum absolute atomic E-state index is 0.0479. The largest absolute Gasteiger partial charge is 0.389 e. The number of aliphatic hydroxyl groups excluding tert-OH is 1. The Labute approximate surface area is 103 Å². The summed E-state index contributed by atoms with van der Waals surface area (Å²) < 4.78 is 1.02. The summed E-state index contributed by atoms with van der Waals surface area (Å²) in [5, 5.41) is 9.06. The smallest absolute Gasteiger partial charge is 0.246 e. The van der Waals surface area contributed by atoms with Crippen LogP contribution < -0.4 is 0 Å². The number of carbonyl (C=O) groups excluding carboxylic acids is 1. The average Bonchev–Trinajstić information content (AvgIpc) is 2.24. The van der Waals surface area contributed by atoms with E-state index < -0.39 is 0 Å². The third-order valence-corrected chi connectivity index (χ3v) is 2.99. The number of rotatable bonds is 2. The Kier molecular flexibility index (Phi) is 3.41. The Morgan fingerprint density at radius 3 is 2.56 bits per heavy atom. The van der Waals surface area contributed by atoms with E-state index in [1.54, 1.807) is 11.0 Å². The molecule has 1 N–H and O–H groups in total. The molecule has 1 saturated heterocycles. The molecule has 0 aromatic heterocycles. The van der Waals surface area contributed by atoms with E-state index in [0.717, 1.165) is 10.0 Å². The van der Waals surface area contributed by atoms with Crippen molar-refractivity contribution in [2.75, 3.05) is 13.1 Å². The molecule has 3 nitrogen and oxygen atoms in total. The van der Waals surface area contributed by atoms with E-state index in [0.29, 0.717) is 13.1 Å². The summed E-state index contributed by atoms with van der Waals surface area (Å²) in [6.07, 6.45) is 2.97. The molecule has 0 unspecified atom stereocenters. The standard InChI is InChI=1S/C12H12BrNO2/c13-10-4-1-9(2-5-10)3-6-12(16)14-7-11(15)8-14/h1-6,11,15H,7-8H2. The molecular weight excluding hydrogens is 270 g/mol. The van der Waals surface area contributed by atoms with Crippen LogP contribution in [-0.2, 0) is 4.79 Å². The number of likely N-dealkylation sites (tertiary alicyclic amines) is 1. The second kappa shape index (κ2) is 4.80. The molecule has 0 radical (unpaired) electrons. The molecule has 1 aromatic carbocycles. The molecule has 2 rings (SSSR count). The van der Waals surface area contributed by atoms with Gasteiger partial charge in [-0.3, -0.25) is 4.79 Å². The van der Waals surface area contributed by atoms with Crippen LogP contribution in [0.5, 0.6) is 0 Å². The van der Waals surface area contributed by atoms with E-state index in [1.807, 2.05) is 24.3 Å². The molecule has 4 heteroatoms. The summed E-state index contributed by atoms with van der Waals surface area (Å²) in [4.78, 5) is 13.1. The quantitative estimate of drug-likeness (QED) is 0.838. The molecule has 16 heavy (non-hydrogen) atoms. The van der Waals surface area contributed by atoms with Gasteiger partial charge in [0.25, 0.3) is 0 Å². The predicted octanol–water partition coefficient (Wildman–Crippen LogP) is 1.67. The van der Waals surface area contributed by atoms with Crippen molar-refractivity contribution in [2.24, 2.45) is 0 Å². The van der Waals surface area contributed by atoms with Crippen LogP contribution in [-0.4, -0.2) is 35.1 Å². The van der Waals surface area contributed by atoms with Gasteiger partial charge in [0.1, 0.15) is 0 Å². The Hall–Kier alpha value is -1.13. The highest BCUT2D eigenvalue weighted by Gasteiger charge is 2.26. The summed E-state index contributed by atoms with van der Waals surface area (Å²) in [7, 11) is 0. The predicted molar refractivity (Wildman–Crippen MR) is 65.8 cm³/mol. The molecule has 0 saturated carbocycles. The van der Waals surface area contributed by atoms with E-state index in [-0.39, 0.29) is 12.0 Å². The second-order valence-electron chi connectivity index (χ2n) is 3.78. The van der Waals surface area contributed by atoms with Gasteiger partial charge in [-0.1, -0.05) is 28.1 Å². The summed E-state index contributed by atoms with van der Waals surface area (Å²) in [6, 6.07) is 7.71. The molecule has 1 fully saturated rings. The zero-order valence-corrected chi connectivity index (χ0v) is 10.2. The van der Waals surface area contributed by atoms with Crippen LogP contribution in [0.4, 0.5) is 0 Å². The zero-order chi connectivity index (χ0) is 11.5. The highest BCUT2D eigenvalue weighted by atomic mass is 79.9. The minimum Gasteiger partial charge on any atom is -0.389 e. The number of β-amino-alcohol motifs (C(OH)–C–C–N with tert-alkyl or cyclic N) is 1. The van der Waals surface area contributed by atoms with E-state index in [9.17, 15) is 4.79 Å². The molecule has 0 aliphatic carbocycles. The van der Waals surface area contributed by atoms with Gasteiger partial charge in [0.15, 0.2) is 0 Å². The lowest BCUT2D eigenvalue weighted by Gasteiger charge is -2.34. The number of hydrogen-bond acceptors (Lipinski definition) is 2. The van der Waals surface area contributed by atoms with Crippen molar-refractivity contribution in [3.63, 3.8) is 0 Å².